The topological polar surface area (TPSA) is 37.6 Å². The predicted octanol–water partition coefficient (Wildman–Crippen LogP) is 4.27. The smallest absolute Gasteiger partial charge is 0.228 e. The molecule has 1 aromatic heterocycles. The third-order valence-electron chi connectivity index (χ3n) is 4.92. The van der Waals surface area contributed by atoms with Crippen LogP contribution in [-0.4, -0.2) is 28.3 Å². The lowest BCUT2D eigenvalue weighted by Gasteiger charge is -2.13. The van der Waals surface area contributed by atoms with E-state index in [9.17, 15) is 4.79 Å². The molecular weight excluding hydrogens is 322 g/mol. The largest absolute Gasteiger partial charge is 0.311 e. The second-order valence-corrected chi connectivity index (χ2v) is 6.71. The van der Waals surface area contributed by atoms with Gasteiger partial charge in [-0.3, -0.25) is 4.79 Å². The Morgan fingerprint density at radius 3 is 2.88 bits per heavy atom. The number of aliphatic imine (C=N–C) groups is 1. The van der Waals surface area contributed by atoms with Crippen LogP contribution in [0.3, 0.4) is 0 Å². The Morgan fingerprint density at radius 2 is 2.00 bits per heavy atom. The number of benzene rings is 2. The van der Waals surface area contributed by atoms with Gasteiger partial charge in [0, 0.05) is 29.6 Å². The Labute approximate surface area is 144 Å². The maximum atomic E-state index is 12.3. The lowest BCUT2D eigenvalue weighted by molar-refractivity contribution is -0.124. The average molecular weight is 336 g/mol. The van der Waals surface area contributed by atoms with Gasteiger partial charge in [0.1, 0.15) is 5.84 Å². The maximum Gasteiger partial charge on any atom is 0.228 e. The number of halogens is 1. The summed E-state index contributed by atoms with van der Waals surface area (Å²) in [5.74, 6) is 0.897. The third-order valence-corrected chi connectivity index (χ3v) is 5.15. The Bertz CT molecular complexity index is 1050. The molecule has 1 atom stereocenters. The highest BCUT2D eigenvalue weighted by Crippen LogP contribution is 2.42. The van der Waals surface area contributed by atoms with E-state index in [1.807, 2.05) is 36.4 Å². The van der Waals surface area contributed by atoms with Crippen molar-refractivity contribution in [1.82, 2.24) is 9.47 Å². The molecule has 0 spiro atoms. The summed E-state index contributed by atoms with van der Waals surface area (Å²) in [6.07, 6.45) is 0.452. The molecule has 0 aliphatic carbocycles. The van der Waals surface area contributed by atoms with Crippen LogP contribution in [0.4, 0.5) is 5.69 Å². The number of likely N-dealkylation sites (tertiary alicyclic amines) is 1. The first-order chi connectivity index (χ1) is 11.6. The van der Waals surface area contributed by atoms with E-state index in [4.69, 9.17) is 16.6 Å². The number of fused-ring (bicyclic) bond motifs is 7. The summed E-state index contributed by atoms with van der Waals surface area (Å²) < 4.78 is 2.20. The number of amides is 1. The van der Waals surface area contributed by atoms with Gasteiger partial charge in [0.15, 0.2) is 0 Å². The lowest BCUT2D eigenvalue weighted by atomic mass is 10.0. The Kier molecular flexibility index (Phi) is 2.71. The van der Waals surface area contributed by atoms with Crippen LogP contribution in [0.5, 0.6) is 0 Å². The van der Waals surface area contributed by atoms with Crippen molar-refractivity contribution in [3.63, 3.8) is 0 Å². The van der Waals surface area contributed by atoms with Crippen LogP contribution in [0.2, 0.25) is 5.02 Å². The average Bonchev–Trinajstić information content (AvgIpc) is 3.03. The van der Waals surface area contributed by atoms with Crippen LogP contribution < -0.4 is 0 Å². The molecule has 24 heavy (non-hydrogen) atoms. The summed E-state index contributed by atoms with van der Waals surface area (Å²) in [5, 5.41) is 1.82. The molecule has 0 radical (unpaired) electrons. The van der Waals surface area contributed by atoms with Crippen LogP contribution >= 0.6 is 11.6 Å². The molecular formula is C19H14ClN3O. The van der Waals surface area contributed by atoms with E-state index in [2.05, 4.69) is 16.7 Å². The van der Waals surface area contributed by atoms with Crippen LogP contribution in [0.1, 0.15) is 18.0 Å². The van der Waals surface area contributed by atoms with Gasteiger partial charge in [-0.25, -0.2) is 4.99 Å². The Hall–Kier alpha value is -2.59. The van der Waals surface area contributed by atoms with E-state index >= 15 is 0 Å². The SMILES string of the molecule is CN1C(=O)CC2C1=Nc1ccccc1-n1c2cc2ccc(Cl)cc21. The minimum atomic E-state index is -0.0268. The first kappa shape index (κ1) is 13.8. The highest BCUT2D eigenvalue weighted by molar-refractivity contribution is 6.31. The first-order valence-electron chi connectivity index (χ1n) is 7.89. The summed E-state index contributed by atoms with van der Waals surface area (Å²) in [6, 6.07) is 16.1. The zero-order valence-electron chi connectivity index (χ0n) is 13.0. The molecule has 2 aromatic carbocycles. The minimum Gasteiger partial charge on any atom is -0.311 e. The second kappa shape index (κ2) is 4.71. The number of likely N-dealkylation sites (N-methyl/N-ethyl adjacent to an activating group) is 1. The van der Waals surface area contributed by atoms with Crippen molar-refractivity contribution in [3.8, 4) is 5.69 Å². The Balaban J connectivity index is 1.92. The van der Waals surface area contributed by atoms with Crippen LogP contribution in [0.15, 0.2) is 53.5 Å². The van der Waals surface area contributed by atoms with Crippen LogP contribution in [0, 0.1) is 0 Å². The molecule has 5 rings (SSSR count). The number of amidine groups is 1. The quantitative estimate of drug-likeness (QED) is 0.604. The first-order valence-corrected chi connectivity index (χ1v) is 8.27. The molecule has 0 bridgehead atoms. The molecule has 5 heteroatoms. The normalized spacial score (nSPS) is 18.9. The van der Waals surface area contributed by atoms with Gasteiger partial charge < -0.3 is 9.47 Å². The minimum absolute atomic E-state index is 0.0268. The zero-order valence-corrected chi connectivity index (χ0v) is 13.8. The molecule has 4 nitrogen and oxygen atoms in total. The van der Waals surface area contributed by atoms with E-state index in [0.29, 0.717) is 11.4 Å². The van der Waals surface area contributed by atoms with Crippen molar-refractivity contribution in [2.45, 2.75) is 12.3 Å². The van der Waals surface area contributed by atoms with Crippen molar-refractivity contribution < 1.29 is 4.79 Å². The van der Waals surface area contributed by atoms with Gasteiger partial charge in [0.05, 0.1) is 22.8 Å². The van der Waals surface area contributed by atoms with Gasteiger partial charge in [0.25, 0.3) is 0 Å². The zero-order chi connectivity index (χ0) is 16.4. The van der Waals surface area contributed by atoms with Crippen molar-refractivity contribution in [3.05, 3.63) is 59.2 Å². The molecule has 1 unspecified atom stereocenters. The molecule has 0 saturated carbocycles. The number of rotatable bonds is 0. The van der Waals surface area contributed by atoms with E-state index in [0.717, 1.165) is 33.8 Å². The fraction of sp³-hybridized carbons (Fsp3) is 0.158. The van der Waals surface area contributed by atoms with Gasteiger partial charge in [-0.1, -0.05) is 29.8 Å². The molecule has 2 aliphatic rings. The summed E-state index contributed by atoms with van der Waals surface area (Å²) in [5.41, 5.74) is 4.03. The summed E-state index contributed by atoms with van der Waals surface area (Å²) in [6.45, 7) is 0. The highest BCUT2D eigenvalue weighted by atomic mass is 35.5. The van der Waals surface area contributed by atoms with Gasteiger partial charge >= 0.3 is 0 Å². The molecule has 2 aliphatic heterocycles. The summed E-state index contributed by atoms with van der Waals surface area (Å²) >= 11 is 6.24. The van der Waals surface area contributed by atoms with Gasteiger partial charge in [-0.2, -0.15) is 0 Å². The van der Waals surface area contributed by atoms with E-state index in [1.54, 1.807) is 11.9 Å². The number of hydrogen-bond donors (Lipinski definition) is 0. The lowest BCUT2D eigenvalue weighted by Crippen LogP contribution is -2.25. The third kappa shape index (κ3) is 1.74. The van der Waals surface area contributed by atoms with Crippen LogP contribution in [-0.2, 0) is 4.79 Å². The van der Waals surface area contributed by atoms with E-state index in [-0.39, 0.29) is 11.8 Å². The molecule has 118 valence electrons. The monoisotopic (exact) mass is 335 g/mol. The van der Waals surface area contributed by atoms with Crippen molar-refractivity contribution >= 4 is 39.9 Å². The number of hydrogen-bond acceptors (Lipinski definition) is 2. The van der Waals surface area contributed by atoms with Gasteiger partial charge in [-0.05, 0) is 30.3 Å². The molecule has 3 aromatic rings. The van der Waals surface area contributed by atoms with Crippen molar-refractivity contribution in [2.75, 3.05) is 7.05 Å². The summed E-state index contributed by atoms with van der Waals surface area (Å²) in [4.78, 5) is 18.8. The number of carbonyl (C=O) groups is 1. The molecule has 0 N–H and O–H groups in total. The van der Waals surface area contributed by atoms with Crippen molar-refractivity contribution in [2.24, 2.45) is 4.99 Å². The Morgan fingerprint density at radius 1 is 1.17 bits per heavy atom. The molecule has 1 fully saturated rings. The fourth-order valence-electron chi connectivity index (χ4n) is 3.75. The van der Waals surface area contributed by atoms with Gasteiger partial charge in [0.2, 0.25) is 5.91 Å². The van der Waals surface area contributed by atoms with E-state index < -0.39 is 0 Å². The predicted molar refractivity (Wildman–Crippen MR) is 95.5 cm³/mol. The number of aromatic nitrogens is 1. The molecule has 1 saturated heterocycles. The second-order valence-electron chi connectivity index (χ2n) is 6.28. The summed E-state index contributed by atoms with van der Waals surface area (Å²) in [7, 11) is 1.80. The number of carbonyl (C=O) groups excluding carboxylic acids is 1. The molecule has 3 heterocycles. The number of para-hydroxylation sites is 2. The van der Waals surface area contributed by atoms with Gasteiger partial charge in [-0.15, -0.1) is 0 Å². The number of nitrogens with zero attached hydrogens (tertiary/aromatic N) is 3. The van der Waals surface area contributed by atoms with Crippen molar-refractivity contribution in [1.29, 1.82) is 0 Å². The standard InChI is InChI=1S/C19H14ClN3O/c1-22-18(24)10-13-17-8-11-6-7-12(20)9-16(11)23(17)15-5-3-2-4-14(15)21-19(13)22/h2-9,13H,10H2,1H3. The maximum absolute atomic E-state index is 12.3. The van der Waals surface area contributed by atoms with E-state index in [1.165, 1.54) is 0 Å². The highest BCUT2D eigenvalue weighted by Gasteiger charge is 2.39. The fourth-order valence-corrected chi connectivity index (χ4v) is 3.91. The van der Waals surface area contributed by atoms with Crippen LogP contribution in [0.25, 0.3) is 16.6 Å². The molecule has 1 amide bonds.